The van der Waals surface area contributed by atoms with E-state index < -0.39 is 0 Å². The number of hydrogen-bond acceptors (Lipinski definition) is 4. The molecule has 0 aliphatic rings. The van der Waals surface area contributed by atoms with Crippen LogP contribution in [0.1, 0.15) is 11.1 Å². The maximum absolute atomic E-state index is 12.0. The molecule has 0 saturated carbocycles. The summed E-state index contributed by atoms with van der Waals surface area (Å²) in [5, 5.41) is 6.19. The summed E-state index contributed by atoms with van der Waals surface area (Å²) in [5.74, 6) is 0.961. The van der Waals surface area contributed by atoms with Crippen molar-refractivity contribution in [3.63, 3.8) is 0 Å². The molecular weight excluding hydrogens is 368 g/mol. The van der Waals surface area contributed by atoms with E-state index in [1.807, 2.05) is 18.2 Å². The van der Waals surface area contributed by atoms with Crippen molar-refractivity contribution in [3.8, 4) is 11.5 Å². The maximum atomic E-state index is 12.0. The lowest BCUT2D eigenvalue weighted by Crippen LogP contribution is -2.35. The number of benzene rings is 2. The molecule has 7 heteroatoms. The molecule has 0 spiro atoms. The van der Waals surface area contributed by atoms with E-state index in [2.05, 4.69) is 10.6 Å². The standard InChI is InChI=1S/C20H23ClN2O4/c1-26-17-8-5-15(11-18(17)27-2)13-20(25)23-10-9-22-19(24)12-14-3-6-16(21)7-4-14/h3-8,11H,9-10,12-13H2,1-2H3,(H,22,24)(H,23,25). The number of methoxy groups -OCH3 is 2. The van der Waals surface area contributed by atoms with Crippen LogP contribution in [0.15, 0.2) is 42.5 Å². The molecule has 0 fully saturated rings. The summed E-state index contributed by atoms with van der Waals surface area (Å²) >= 11 is 5.82. The van der Waals surface area contributed by atoms with E-state index >= 15 is 0 Å². The van der Waals surface area contributed by atoms with Gasteiger partial charge in [0.2, 0.25) is 11.8 Å². The molecule has 2 amide bonds. The predicted octanol–water partition coefficient (Wildman–Crippen LogP) is 2.37. The fourth-order valence-corrected chi connectivity index (χ4v) is 2.62. The lowest BCUT2D eigenvalue weighted by molar-refractivity contribution is -0.122. The van der Waals surface area contributed by atoms with Crippen LogP contribution >= 0.6 is 11.6 Å². The van der Waals surface area contributed by atoms with Crippen molar-refractivity contribution < 1.29 is 19.1 Å². The van der Waals surface area contributed by atoms with E-state index in [-0.39, 0.29) is 24.7 Å². The van der Waals surface area contributed by atoms with E-state index in [0.29, 0.717) is 29.6 Å². The van der Waals surface area contributed by atoms with E-state index in [1.54, 1.807) is 38.5 Å². The van der Waals surface area contributed by atoms with Crippen LogP contribution in [0, 0.1) is 0 Å². The molecule has 0 heterocycles. The first kappa shape index (κ1) is 20.6. The van der Waals surface area contributed by atoms with Crippen molar-refractivity contribution in [1.82, 2.24) is 10.6 Å². The van der Waals surface area contributed by atoms with Crippen LogP contribution in [-0.4, -0.2) is 39.1 Å². The largest absolute Gasteiger partial charge is 0.493 e. The zero-order valence-electron chi connectivity index (χ0n) is 15.4. The summed E-state index contributed by atoms with van der Waals surface area (Å²) in [5.41, 5.74) is 1.70. The molecule has 0 aromatic heterocycles. The summed E-state index contributed by atoms with van der Waals surface area (Å²) in [4.78, 5) is 23.9. The van der Waals surface area contributed by atoms with Gasteiger partial charge in [-0.25, -0.2) is 0 Å². The Labute approximate surface area is 163 Å². The monoisotopic (exact) mass is 390 g/mol. The van der Waals surface area contributed by atoms with Crippen LogP contribution < -0.4 is 20.1 Å². The number of halogens is 1. The second-order valence-corrected chi connectivity index (χ2v) is 6.31. The quantitative estimate of drug-likeness (QED) is 0.644. The highest BCUT2D eigenvalue weighted by atomic mass is 35.5. The number of rotatable bonds is 9. The van der Waals surface area contributed by atoms with Crippen LogP contribution in [0.25, 0.3) is 0 Å². The van der Waals surface area contributed by atoms with Gasteiger partial charge in [-0.1, -0.05) is 29.8 Å². The van der Waals surface area contributed by atoms with Crippen molar-refractivity contribution >= 4 is 23.4 Å². The third-order valence-electron chi connectivity index (χ3n) is 3.86. The Balaban J connectivity index is 1.70. The van der Waals surface area contributed by atoms with Crippen LogP contribution in [0.4, 0.5) is 0 Å². The highest BCUT2D eigenvalue weighted by Crippen LogP contribution is 2.27. The first-order valence-corrected chi connectivity index (χ1v) is 8.88. The topological polar surface area (TPSA) is 76.7 Å². The molecule has 0 aliphatic carbocycles. The maximum Gasteiger partial charge on any atom is 0.224 e. The fraction of sp³-hybridized carbons (Fsp3) is 0.300. The Morgan fingerprint density at radius 3 is 1.89 bits per heavy atom. The van der Waals surface area contributed by atoms with Gasteiger partial charge in [0, 0.05) is 18.1 Å². The predicted molar refractivity (Wildman–Crippen MR) is 104 cm³/mol. The lowest BCUT2D eigenvalue weighted by atomic mass is 10.1. The average Bonchev–Trinajstić information content (AvgIpc) is 2.67. The summed E-state index contributed by atoms with van der Waals surface area (Å²) in [6.07, 6.45) is 0.496. The molecule has 2 aromatic rings. The Hall–Kier alpha value is -2.73. The number of carbonyl (C=O) groups is 2. The van der Waals surface area contributed by atoms with Crippen molar-refractivity contribution in [2.45, 2.75) is 12.8 Å². The van der Waals surface area contributed by atoms with Gasteiger partial charge >= 0.3 is 0 Å². The highest BCUT2D eigenvalue weighted by Gasteiger charge is 2.08. The molecule has 0 atom stereocenters. The number of nitrogens with one attached hydrogen (secondary N) is 2. The van der Waals surface area contributed by atoms with Crippen LogP contribution in [0.3, 0.4) is 0 Å². The second-order valence-electron chi connectivity index (χ2n) is 5.87. The smallest absolute Gasteiger partial charge is 0.224 e. The molecule has 0 unspecified atom stereocenters. The van der Waals surface area contributed by atoms with Crippen molar-refractivity contribution in [2.24, 2.45) is 0 Å². The van der Waals surface area contributed by atoms with E-state index in [0.717, 1.165) is 11.1 Å². The van der Waals surface area contributed by atoms with E-state index in [4.69, 9.17) is 21.1 Å². The number of ether oxygens (including phenoxy) is 2. The minimum atomic E-state index is -0.130. The third-order valence-corrected chi connectivity index (χ3v) is 4.11. The molecule has 2 aromatic carbocycles. The number of hydrogen-bond donors (Lipinski definition) is 2. The van der Waals surface area contributed by atoms with Crippen molar-refractivity contribution in [3.05, 3.63) is 58.6 Å². The Kier molecular flexibility index (Phi) is 7.95. The van der Waals surface area contributed by atoms with E-state index in [9.17, 15) is 9.59 Å². The van der Waals surface area contributed by atoms with Gasteiger partial charge in [0.15, 0.2) is 11.5 Å². The van der Waals surface area contributed by atoms with Crippen molar-refractivity contribution in [1.29, 1.82) is 0 Å². The van der Waals surface area contributed by atoms with Gasteiger partial charge in [0.25, 0.3) is 0 Å². The average molecular weight is 391 g/mol. The van der Waals surface area contributed by atoms with Crippen LogP contribution in [0.5, 0.6) is 11.5 Å². The van der Waals surface area contributed by atoms with Gasteiger partial charge in [0.1, 0.15) is 0 Å². The zero-order valence-corrected chi connectivity index (χ0v) is 16.1. The molecule has 6 nitrogen and oxygen atoms in total. The van der Waals surface area contributed by atoms with Gasteiger partial charge in [-0.05, 0) is 35.4 Å². The molecule has 144 valence electrons. The van der Waals surface area contributed by atoms with Crippen LogP contribution in [0.2, 0.25) is 5.02 Å². The molecule has 0 aliphatic heterocycles. The molecule has 0 radical (unpaired) electrons. The number of amides is 2. The molecule has 0 bridgehead atoms. The number of carbonyl (C=O) groups excluding carboxylic acids is 2. The molecule has 27 heavy (non-hydrogen) atoms. The van der Waals surface area contributed by atoms with Gasteiger partial charge in [-0.2, -0.15) is 0 Å². The van der Waals surface area contributed by atoms with Gasteiger partial charge in [-0.15, -0.1) is 0 Å². The Bertz CT molecular complexity index is 778. The van der Waals surface area contributed by atoms with Gasteiger partial charge < -0.3 is 20.1 Å². The Morgan fingerprint density at radius 1 is 0.815 bits per heavy atom. The third kappa shape index (κ3) is 6.83. The van der Waals surface area contributed by atoms with Gasteiger partial charge in [-0.3, -0.25) is 9.59 Å². The zero-order chi connectivity index (χ0) is 19.6. The summed E-state index contributed by atoms with van der Waals surface area (Å²) in [7, 11) is 3.11. The summed E-state index contributed by atoms with van der Waals surface area (Å²) in [6.45, 7) is 0.725. The lowest BCUT2D eigenvalue weighted by Gasteiger charge is -2.10. The van der Waals surface area contributed by atoms with Crippen LogP contribution in [-0.2, 0) is 22.4 Å². The normalized spacial score (nSPS) is 10.2. The van der Waals surface area contributed by atoms with Crippen molar-refractivity contribution in [2.75, 3.05) is 27.3 Å². The second kappa shape index (κ2) is 10.4. The van der Waals surface area contributed by atoms with Gasteiger partial charge in [0.05, 0.1) is 27.1 Å². The SMILES string of the molecule is COc1ccc(CC(=O)NCCNC(=O)Cc2ccc(Cl)cc2)cc1OC. The first-order chi connectivity index (χ1) is 13.0. The highest BCUT2D eigenvalue weighted by molar-refractivity contribution is 6.30. The summed E-state index contributed by atoms with van der Waals surface area (Å²) < 4.78 is 10.4. The molecular formula is C20H23ClN2O4. The molecule has 2 N–H and O–H groups in total. The Morgan fingerprint density at radius 2 is 1.33 bits per heavy atom. The molecule has 2 rings (SSSR count). The minimum absolute atomic E-state index is 0.105. The minimum Gasteiger partial charge on any atom is -0.493 e. The summed E-state index contributed by atoms with van der Waals surface area (Å²) in [6, 6.07) is 12.5. The molecule has 0 saturated heterocycles. The van der Waals surface area contributed by atoms with E-state index in [1.165, 1.54) is 0 Å². The first-order valence-electron chi connectivity index (χ1n) is 8.50. The fourth-order valence-electron chi connectivity index (χ4n) is 2.49.